The van der Waals surface area contributed by atoms with E-state index in [4.69, 9.17) is 16.1 Å². The van der Waals surface area contributed by atoms with Crippen LogP contribution < -0.4 is 16.2 Å². The Kier molecular flexibility index (Phi) is 8.22. The van der Waals surface area contributed by atoms with Crippen LogP contribution in [-0.4, -0.2) is 57.3 Å². The number of amides is 1. The van der Waals surface area contributed by atoms with E-state index in [0.29, 0.717) is 33.7 Å². The summed E-state index contributed by atoms with van der Waals surface area (Å²) in [6, 6.07) is 11.6. The number of rotatable bonds is 8. The van der Waals surface area contributed by atoms with Gasteiger partial charge in [0.05, 0.1) is 16.8 Å². The van der Waals surface area contributed by atoms with Gasteiger partial charge in [-0.3, -0.25) is 4.79 Å². The van der Waals surface area contributed by atoms with Crippen LogP contribution in [0.25, 0.3) is 11.1 Å². The molecule has 11 nitrogen and oxygen atoms in total. The first-order valence-corrected chi connectivity index (χ1v) is 14.5. The molecule has 0 spiro atoms. The van der Waals surface area contributed by atoms with Crippen LogP contribution in [0.3, 0.4) is 0 Å². The Labute approximate surface area is 216 Å². The van der Waals surface area contributed by atoms with E-state index in [1.807, 2.05) is 0 Å². The molecule has 37 heavy (non-hydrogen) atoms. The predicted molar refractivity (Wildman–Crippen MR) is 142 cm³/mol. The van der Waals surface area contributed by atoms with Gasteiger partial charge in [0.2, 0.25) is 26.0 Å². The van der Waals surface area contributed by atoms with Crippen LogP contribution in [-0.2, 0) is 24.8 Å². The number of oxime groups is 1. The second kappa shape index (κ2) is 10.8. The number of hydrogen-bond donors (Lipinski definition) is 4. The number of carbonyl (C=O) groups is 1. The van der Waals surface area contributed by atoms with Crippen LogP contribution in [0, 0.1) is 0 Å². The average molecular weight is 548 g/mol. The van der Waals surface area contributed by atoms with Crippen LogP contribution in [0.4, 0.5) is 5.69 Å². The van der Waals surface area contributed by atoms with E-state index in [1.54, 1.807) is 55.5 Å². The lowest BCUT2D eigenvalue weighted by Gasteiger charge is -2.28. The van der Waals surface area contributed by atoms with Gasteiger partial charge >= 0.3 is 0 Å². The summed E-state index contributed by atoms with van der Waals surface area (Å²) in [4.78, 5) is 13.2. The van der Waals surface area contributed by atoms with Crippen LogP contribution in [0.1, 0.15) is 19.8 Å². The summed E-state index contributed by atoms with van der Waals surface area (Å²) in [7, 11) is -6.36. The maximum absolute atomic E-state index is 13.3. The van der Waals surface area contributed by atoms with Gasteiger partial charge in [0.1, 0.15) is 11.8 Å². The maximum atomic E-state index is 13.3. The highest BCUT2D eigenvalue weighted by atomic mass is 32.2. The zero-order valence-corrected chi connectivity index (χ0v) is 22.2. The molecule has 0 saturated heterocycles. The molecule has 0 unspecified atom stereocenters. The Bertz CT molecular complexity index is 1510. The highest BCUT2D eigenvalue weighted by Gasteiger charge is 2.31. The molecule has 1 aliphatic rings. The molecule has 13 heteroatoms. The molecule has 6 N–H and O–H groups in total. The van der Waals surface area contributed by atoms with Crippen molar-refractivity contribution in [3.05, 3.63) is 71.5 Å². The molecule has 198 valence electrons. The second-order valence-electron chi connectivity index (χ2n) is 8.63. The summed E-state index contributed by atoms with van der Waals surface area (Å²) in [6.07, 6.45) is 3.04. The topological polar surface area (TPSA) is 185 Å². The maximum Gasteiger partial charge on any atom is 0.243 e. The summed E-state index contributed by atoms with van der Waals surface area (Å²) < 4.78 is 49.5. The molecule has 2 aromatic carbocycles. The lowest BCUT2D eigenvalue weighted by Crippen LogP contribution is -2.45. The molecular formula is C24H29N5O6S2. The number of nitrogens with zero attached hydrogens (tertiary/aromatic N) is 2. The minimum absolute atomic E-state index is 0.0283. The SMILES string of the molecule is CC1=C(N)C(=NO)CC=C1C[C@@H](C(=O)Nc1ccc(-c2ccccc2S(N)(=O)=O)cc1)N(C)S(C)(=O)=O. The number of sulfonamides is 2. The van der Waals surface area contributed by atoms with Crippen molar-refractivity contribution in [3.63, 3.8) is 0 Å². The molecule has 1 amide bonds. The largest absolute Gasteiger partial charge is 0.411 e. The van der Waals surface area contributed by atoms with Crippen LogP contribution in [0.15, 0.2) is 81.5 Å². The van der Waals surface area contributed by atoms with E-state index in [-0.39, 0.29) is 23.4 Å². The normalized spacial score (nSPS) is 16.6. The van der Waals surface area contributed by atoms with Gasteiger partial charge in [-0.15, -0.1) is 0 Å². The number of allylic oxidation sites excluding steroid dienone is 3. The van der Waals surface area contributed by atoms with Gasteiger partial charge in [0.25, 0.3) is 0 Å². The van der Waals surface area contributed by atoms with Crippen molar-refractivity contribution in [2.75, 3.05) is 18.6 Å². The van der Waals surface area contributed by atoms with Crippen LogP contribution >= 0.6 is 0 Å². The number of nitrogens with one attached hydrogen (secondary N) is 1. The first-order valence-electron chi connectivity index (χ1n) is 11.1. The van der Waals surface area contributed by atoms with Gasteiger partial charge in [-0.2, -0.15) is 4.31 Å². The van der Waals surface area contributed by atoms with Crippen molar-refractivity contribution in [1.29, 1.82) is 0 Å². The number of nitrogens with two attached hydrogens (primary N) is 2. The molecule has 0 aromatic heterocycles. The van der Waals surface area contributed by atoms with Crippen LogP contribution in [0.2, 0.25) is 0 Å². The Morgan fingerprint density at radius 1 is 1.14 bits per heavy atom. The molecule has 1 aliphatic carbocycles. The first kappa shape index (κ1) is 28.1. The number of anilines is 1. The number of benzene rings is 2. The molecule has 0 aliphatic heterocycles. The summed E-state index contributed by atoms with van der Waals surface area (Å²) >= 11 is 0. The summed E-state index contributed by atoms with van der Waals surface area (Å²) in [6.45, 7) is 1.71. The van der Waals surface area contributed by atoms with E-state index in [2.05, 4.69) is 10.5 Å². The molecule has 0 bridgehead atoms. The molecule has 0 heterocycles. The fourth-order valence-corrected chi connectivity index (χ4v) is 5.33. The standard InChI is InChI=1S/C24H29N5O6S2/c1-15-17(10-13-20(28-31)23(15)25)14-21(29(2)36(3,32)33)24(30)27-18-11-8-16(9-12-18)19-6-4-5-7-22(19)37(26,34)35/h4-12,21,31H,13-14,25H2,1-3H3,(H,27,30)(H2,26,34,35)/t21-/m0/s1. The monoisotopic (exact) mass is 547 g/mol. The number of likely N-dealkylation sites (N-methyl/N-ethyl adjacent to an activating group) is 1. The van der Waals surface area contributed by atoms with E-state index >= 15 is 0 Å². The predicted octanol–water partition coefficient (Wildman–Crippen LogP) is 1.98. The third-order valence-corrected chi connectivity index (χ3v) is 8.46. The molecule has 2 aromatic rings. The van der Waals surface area contributed by atoms with E-state index in [9.17, 15) is 21.6 Å². The smallest absolute Gasteiger partial charge is 0.243 e. The summed E-state index contributed by atoms with van der Waals surface area (Å²) in [5, 5.41) is 20.3. The Hall–Kier alpha value is -3.52. The highest BCUT2D eigenvalue weighted by molar-refractivity contribution is 7.89. The van der Waals surface area contributed by atoms with Crippen molar-refractivity contribution in [3.8, 4) is 11.1 Å². The molecule has 0 fully saturated rings. The molecular weight excluding hydrogens is 518 g/mol. The fraction of sp³-hybridized carbons (Fsp3) is 0.250. The molecule has 1 atom stereocenters. The van der Waals surface area contributed by atoms with Crippen molar-refractivity contribution in [1.82, 2.24) is 4.31 Å². The lowest BCUT2D eigenvalue weighted by molar-refractivity contribution is -0.119. The van der Waals surface area contributed by atoms with Crippen molar-refractivity contribution in [2.45, 2.75) is 30.7 Å². The first-order chi connectivity index (χ1) is 17.2. The minimum atomic E-state index is -3.94. The van der Waals surface area contributed by atoms with Crippen molar-refractivity contribution >= 4 is 37.4 Å². The summed E-state index contributed by atoms with van der Waals surface area (Å²) in [5.74, 6) is -0.570. The van der Waals surface area contributed by atoms with Crippen molar-refractivity contribution in [2.24, 2.45) is 16.0 Å². The molecule has 3 rings (SSSR count). The lowest BCUT2D eigenvalue weighted by atomic mass is 9.90. The third kappa shape index (κ3) is 6.43. The molecule has 0 saturated carbocycles. The van der Waals surface area contributed by atoms with E-state index < -0.39 is 32.0 Å². The Morgan fingerprint density at radius 3 is 2.32 bits per heavy atom. The number of hydrogen-bond acceptors (Lipinski definition) is 8. The van der Waals surface area contributed by atoms with Gasteiger partial charge in [0.15, 0.2) is 0 Å². The molecule has 0 radical (unpaired) electrons. The van der Waals surface area contributed by atoms with Gasteiger partial charge in [-0.05, 0) is 48.3 Å². The quantitative estimate of drug-likeness (QED) is 0.287. The third-order valence-electron chi connectivity index (χ3n) is 6.19. The zero-order valence-electron chi connectivity index (χ0n) is 20.5. The van der Waals surface area contributed by atoms with Gasteiger partial charge in [-0.25, -0.2) is 22.0 Å². The highest BCUT2D eigenvalue weighted by Crippen LogP contribution is 2.29. The van der Waals surface area contributed by atoms with Gasteiger partial charge in [-0.1, -0.05) is 41.6 Å². The van der Waals surface area contributed by atoms with E-state index in [0.717, 1.165) is 10.6 Å². The van der Waals surface area contributed by atoms with Crippen molar-refractivity contribution < 1.29 is 26.8 Å². The Morgan fingerprint density at radius 2 is 1.76 bits per heavy atom. The fourth-order valence-electron chi connectivity index (χ4n) is 3.94. The van der Waals surface area contributed by atoms with E-state index in [1.165, 1.54) is 13.1 Å². The van der Waals surface area contributed by atoms with Crippen LogP contribution in [0.5, 0.6) is 0 Å². The second-order valence-corrected chi connectivity index (χ2v) is 12.2. The van der Waals surface area contributed by atoms with Gasteiger partial charge in [0, 0.05) is 24.7 Å². The minimum Gasteiger partial charge on any atom is -0.411 e. The Balaban J connectivity index is 1.88. The number of carbonyl (C=O) groups excluding carboxylic acids is 1. The zero-order chi connectivity index (χ0) is 27.5. The van der Waals surface area contributed by atoms with Gasteiger partial charge < -0.3 is 16.3 Å². The number of primary sulfonamides is 1. The summed E-state index contributed by atoms with van der Waals surface area (Å²) in [5.41, 5.74) is 9.21. The average Bonchev–Trinajstić information content (AvgIpc) is 2.84.